The normalized spacial score (nSPS) is 14.4. The van der Waals surface area contributed by atoms with Crippen molar-refractivity contribution < 1.29 is 9.18 Å². The first-order valence-electron chi connectivity index (χ1n) is 7.47. The molecule has 5 heteroatoms. The van der Waals surface area contributed by atoms with Gasteiger partial charge in [-0.25, -0.2) is 4.39 Å². The Balaban J connectivity index is 1.66. The number of anilines is 1. The van der Waals surface area contributed by atoms with Gasteiger partial charge in [0, 0.05) is 37.4 Å². The molecule has 4 nitrogen and oxygen atoms in total. The quantitative estimate of drug-likeness (QED) is 0.857. The summed E-state index contributed by atoms with van der Waals surface area (Å²) in [4.78, 5) is 16.3. The first-order valence-corrected chi connectivity index (χ1v) is 7.47. The lowest BCUT2D eigenvalue weighted by molar-refractivity contribution is 0.0746. The van der Waals surface area contributed by atoms with Gasteiger partial charge in [0.1, 0.15) is 5.82 Å². The number of piperazine rings is 1. The summed E-state index contributed by atoms with van der Waals surface area (Å²) in [5.74, 6) is -0.544. The van der Waals surface area contributed by atoms with Crippen molar-refractivity contribution in [2.45, 2.75) is 0 Å². The van der Waals surface area contributed by atoms with Gasteiger partial charge in [-0.05, 0) is 36.4 Å². The van der Waals surface area contributed by atoms with Crippen molar-refractivity contribution >= 4 is 11.6 Å². The zero-order chi connectivity index (χ0) is 16.2. The topological polar surface area (TPSA) is 47.3 Å². The Labute approximate surface area is 134 Å². The molecular formula is C18H16FN3O. The minimum absolute atomic E-state index is 0.144. The van der Waals surface area contributed by atoms with Crippen LogP contribution in [0.2, 0.25) is 0 Å². The number of carbonyl (C=O) groups is 1. The molecule has 0 unspecified atom stereocenters. The molecule has 1 aliphatic rings. The van der Waals surface area contributed by atoms with E-state index in [2.05, 4.69) is 11.0 Å². The number of benzene rings is 2. The minimum atomic E-state index is -0.400. The summed E-state index contributed by atoms with van der Waals surface area (Å²) in [7, 11) is 0. The van der Waals surface area contributed by atoms with Gasteiger partial charge in [-0.15, -0.1) is 0 Å². The van der Waals surface area contributed by atoms with E-state index in [4.69, 9.17) is 5.26 Å². The van der Waals surface area contributed by atoms with Crippen LogP contribution in [0.4, 0.5) is 10.1 Å². The second kappa shape index (κ2) is 6.49. The van der Waals surface area contributed by atoms with Crippen LogP contribution < -0.4 is 4.90 Å². The van der Waals surface area contributed by atoms with E-state index < -0.39 is 5.82 Å². The second-order valence-corrected chi connectivity index (χ2v) is 5.45. The lowest BCUT2D eigenvalue weighted by Crippen LogP contribution is -2.48. The molecule has 0 N–H and O–H groups in total. The molecule has 0 saturated carbocycles. The highest BCUT2D eigenvalue weighted by molar-refractivity contribution is 5.94. The third kappa shape index (κ3) is 3.32. The summed E-state index contributed by atoms with van der Waals surface area (Å²) in [5.41, 5.74) is 1.99. The van der Waals surface area contributed by atoms with E-state index in [1.807, 2.05) is 18.2 Å². The van der Waals surface area contributed by atoms with E-state index >= 15 is 0 Å². The number of carbonyl (C=O) groups excluding carboxylic acids is 1. The Morgan fingerprint density at radius 3 is 2.48 bits per heavy atom. The lowest BCUT2D eigenvalue weighted by atomic mass is 10.1. The number of nitriles is 1. The third-order valence-electron chi connectivity index (χ3n) is 3.98. The van der Waals surface area contributed by atoms with Crippen molar-refractivity contribution in [1.29, 1.82) is 5.26 Å². The number of hydrogen-bond donors (Lipinski definition) is 0. The van der Waals surface area contributed by atoms with E-state index in [1.54, 1.807) is 23.1 Å². The van der Waals surface area contributed by atoms with Crippen molar-refractivity contribution in [3.05, 3.63) is 65.5 Å². The number of rotatable bonds is 2. The van der Waals surface area contributed by atoms with E-state index in [9.17, 15) is 9.18 Å². The Morgan fingerprint density at radius 2 is 1.78 bits per heavy atom. The molecule has 0 aliphatic carbocycles. The molecule has 116 valence electrons. The lowest BCUT2D eigenvalue weighted by Gasteiger charge is -2.36. The van der Waals surface area contributed by atoms with Gasteiger partial charge < -0.3 is 9.80 Å². The zero-order valence-corrected chi connectivity index (χ0v) is 12.6. The average molecular weight is 309 g/mol. The van der Waals surface area contributed by atoms with Gasteiger partial charge in [-0.2, -0.15) is 5.26 Å². The minimum Gasteiger partial charge on any atom is -0.368 e. The first kappa shape index (κ1) is 15.0. The van der Waals surface area contributed by atoms with Crippen molar-refractivity contribution in [2.75, 3.05) is 31.1 Å². The van der Waals surface area contributed by atoms with Crippen LogP contribution in [-0.2, 0) is 0 Å². The molecule has 1 amide bonds. The van der Waals surface area contributed by atoms with Crippen molar-refractivity contribution in [3.63, 3.8) is 0 Å². The summed E-state index contributed by atoms with van der Waals surface area (Å²) >= 11 is 0. The molecule has 0 radical (unpaired) electrons. The van der Waals surface area contributed by atoms with Gasteiger partial charge in [-0.3, -0.25) is 4.79 Å². The summed E-state index contributed by atoms with van der Waals surface area (Å²) in [6.07, 6.45) is 0. The van der Waals surface area contributed by atoms with Crippen LogP contribution in [-0.4, -0.2) is 37.0 Å². The molecule has 1 aliphatic heterocycles. The maximum atomic E-state index is 13.2. The Morgan fingerprint density at radius 1 is 1.04 bits per heavy atom. The monoisotopic (exact) mass is 309 g/mol. The SMILES string of the molecule is N#Cc1cccc(N2CCN(C(=O)c3cccc(F)c3)CC2)c1. The number of amides is 1. The molecule has 0 bridgehead atoms. The standard InChI is InChI=1S/C18H16FN3O/c19-16-5-2-4-15(12-16)18(23)22-9-7-21(8-10-22)17-6-1-3-14(11-17)13-20/h1-6,11-12H,7-10H2. The number of halogens is 1. The zero-order valence-electron chi connectivity index (χ0n) is 12.6. The third-order valence-corrected chi connectivity index (χ3v) is 3.98. The molecule has 2 aromatic carbocycles. The van der Waals surface area contributed by atoms with Gasteiger partial charge in [0.2, 0.25) is 0 Å². The molecule has 0 spiro atoms. The van der Waals surface area contributed by atoms with Crippen LogP contribution in [0.15, 0.2) is 48.5 Å². The maximum Gasteiger partial charge on any atom is 0.254 e. The molecule has 2 aromatic rings. The highest BCUT2D eigenvalue weighted by Crippen LogP contribution is 2.19. The average Bonchev–Trinajstić information content (AvgIpc) is 2.61. The fourth-order valence-electron chi connectivity index (χ4n) is 2.74. The highest BCUT2D eigenvalue weighted by atomic mass is 19.1. The van der Waals surface area contributed by atoms with Crippen molar-refractivity contribution in [2.24, 2.45) is 0 Å². The molecule has 3 rings (SSSR count). The Kier molecular flexibility index (Phi) is 4.24. The molecule has 1 heterocycles. The smallest absolute Gasteiger partial charge is 0.254 e. The highest BCUT2D eigenvalue weighted by Gasteiger charge is 2.22. The van der Waals surface area contributed by atoms with E-state index in [0.717, 1.165) is 5.69 Å². The predicted octanol–water partition coefficient (Wildman–Crippen LogP) is 2.66. The van der Waals surface area contributed by atoms with Crippen LogP contribution in [0.3, 0.4) is 0 Å². The van der Waals surface area contributed by atoms with E-state index in [1.165, 1.54) is 12.1 Å². The van der Waals surface area contributed by atoms with Gasteiger partial charge >= 0.3 is 0 Å². The largest absolute Gasteiger partial charge is 0.368 e. The van der Waals surface area contributed by atoms with Crippen LogP contribution in [0.25, 0.3) is 0 Å². The van der Waals surface area contributed by atoms with Crippen LogP contribution >= 0.6 is 0 Å². The van der Waals surface area contributed by atoms with Gasteiger partial charge in [0.25, 0.3) is 5.91 Å². The van der Waals surface area contributed by atoms with E-state index in [-0.39, 0.29) is 5.91 Å². The number of hydrogen-bond acceptors (Lipinski definition) is 3. The fraction of sp³-hybridized carbons (Fsp3) is 0.222. The first-order chi connectivity index (χ1) is 11.2. The summed E-state index contributed by atoms with van der Waals surface area (Å²) in [5, 5.41) is 8.97. The summed E-state index contributed by atoms with van der Waals surface area (Å²) in [6, 6.07) is 15.4. The molecule has 23 heavy (non-hydrogen) atoms. The van der Waals surface area contributed by atoms with E-state index in [0.29, 0.717) is 37.3 Å². The molecule has 0 atom stereocenters. The van der Waals surface area contributed by atoms with Gasteiger partial charge in [-0.1, -0.05) is 12.1 Å². The number of nitrogens with zero attached hydrogens (tertiary/aromatic N) is 3. The molecular weight excluding hydrogens is 293 g/mol. The van der Waals surface area contributed by atoms with Crippen LogP contribution in [0.1, 0.15) is 15.9 Å². The van der Waals surface area contributed by atoms with Gasteiger partial charge in [0.15, 0.2) is 0 Å². The molecule has 1 saturated heterocycles. The van der Waals surface area contributed by atoms with Crippen LogP contribution in [0, 0.1) is 17.1 Å². The predicted molar refractivity (Wildman–Crippen MR) is 85.7 cm³/mol. The van der Waals surface area contributed by atoms with Crippen molar-refractivity contribution in [3.8, 4) is 6.07 Å². The maximum absolute atomic E-state index is 13.2. The molecule has 0 aromatic heterocycles. The Hall–Kier alpha value is -2.87. The summed E-state index contributed by atoms with van der Waals surface area (Å²) < 4.78 is 13.2. The van der Waals surface area contributed by atoms with Crippen molar-refractivity contribution in [1.82, 2.24) is 4.90 Å². The fourth-order valence-corrected chi connectivity index (χ4v) is 2.74. The Bertz CT molecular complexity index is 761. The van der Waals surface area contributed by atoms with Crippen LogP contribution in [0.5, 0.6) is 0 Å². The second-order valence-electron chi connectivity index (χ2n) is 5.45. The molecule has 1 fully saturated rings. The van der Waals surface area contributed by atoms with Gasteiger partial charge in [0.05, 0.1) is 11.6 Å². The summed E-state index contributed by atoms with van der Waals surface area (Å²) in [6.45, 7) is 2.53.